The van der Waals surface area contributed by atoms with Crippen molar-refractivity contribution in [2.75, 3.05) is 25.5 Å². The second-order valence-corrected chi connectivity index (χ2v) is 4.74. The summed E-state index contributed by atoms with van der Waals surface area (Å²) in [7, 11) is 1.87. The molecule has 0 atom stereocenters. The van der Waals surface area contributed by atoms with Gasteiger partial charge in [-0.2, -0.15) is 0 Å². The molecule has 2 N–H and O–H groups in total. The van der Waals surface area contributed by atoms with Crippen LogP contribution in [0.4, 0.5) is 5.69 Å². The Kier molecular flexibility index (Phi) is 6.75. The van der Waals surface area contributed by atoms with Crippen molar-refractivity contribution in [3.05, 3.63) is 22.7 Å². The summed E-state index contributed by atoms with van der Waals surface area (Å²) in [5.41, 5.74) is 0.709. The molecule has 0 saturated carbocycles. The highest BCUT2D eigenvalue weighted by atomic mass is 79.9. The van der Waals surface area contributed by atoms with Crippen molar-refractivity contribution in [2.24, 2.45) is 0 Å². The molecule has 5 heteroatoms. The monoisotopic (exact) mass is 314 g/mol. The number of ether oxygens (including phenoxy) is 1. The summed E-state index contributed by atoms with van der Waals surface area (Å²) < 4.78 is 6.38. The average Bonchev–Trinajstić information content (AvgIpc) is 2.33. The minimum atomic E-state index is 0.00398. The fraction of sp³-hybridized carbons (Fsp3) is 0.462. The summed E-state index contributed by atoms with van der Waals surface area (Å²) in [5.74, 6) is 0.701. The number of benzene rings is 1. The van der Waals surface area contributed by atoms with E-state index in [1.54, 1.807) is 0 Å². The van der Waals surface area contributed by atoms with Gasteiger partial charge >= 0.3 is 0 Å². The molecular formula is C13H19BrN2O2. The van der Waals surface area contributed by atoms with Gasteiger partial charge in [-0.25, -0.2) is 0 Å². The van der Waals surface area contributed by atoms with Gasteiger partial charge in [0.15, 0.2) is 0 Å². The molecule has 0 saturated heterocycles. The molecule has 0 aliphatic rings. The summed E-state index contributed by atoms with van der Waals surface area (Å²) in [4.78, 5) is 11.7. The molecule has 1 aromatic carbocycles. The third kappa shape index (κ3) is 5.06. The van der Waals surface area contributed by atoms with Gasteiger partial charge in [0.1, 0.15) is 5.75 Å². The number of amides is 1. The van der Waals surface area contributed by atoms with E-state index in [0.717, 1.165) is 17.4 Å². The van der Waals surface area contributed by atoms with Crippen LogP contribution in [0.15, 0.2) is 22.7 Å². The van der Waals surface area contributed by atoms with E-state index >= 15 is 0 Å². The van der Waals surface area contributed by atoms with E-state index in [-0.39, 0.29) is 5.91 Å². The highest BCUT2D eigenvalue weighted by molar-refractivity contribution is 9.10. The Balaban J connectivity index is 2.63. The molecule has 18 heavy (non-hydrogen) atoms. The standard InChI is InChI=1S/C13H19BrN2O2/c1-3-18-12-7-6-10(14)9-11(12)16-13(17)5-4-8-15-2/h6-7,9,15H,3-5,8H2,1-2H3,(H,16,17). The molecule has 0 heterocycles. The van der Waals surface area contributed by atoms with Crippen molar-refractivity contribution in [3.63, 3.8) is 0 Å². The van der Waals surface area contributed by atoms with Gasteiger partial charge in [-0.15, -0.1) is 0 Å². The molecule has 0 aromatic heterocycles. The number of hydrogen-bond acceptors (Lipinski definition) is 3. The highest BCUT2D eigenvalue weighted by Gasteiger charge is 2.08. The van der Waals surface area contributed by atoms with Gasteiger partial charge in [-0.3, -0.25) is 4.79 Å². The van der Waals surface area contributed by atoms with Crippen molar-refractivity contribution in [1.29, 1.82) is 0 Å². The normalized spacial score (nSPS) is 10.2. The van der Waals surface area contributed by atoms with Gasteiger partial charge in [0.2, 0.25) is 5.91 Å². The van der Waals surface area contributed by atoms with Crippen molar-refractivity contribution >= 4 is 27.5 Å². The zero-order valence-electron chi connectivity index (χ0n) is 10.8. The maximum Gasteiger partial charge on any atom is 0.224 e. The van der Waals surface area contributed by atoms with Gasteiger partial charge in [-0.1, -0.05) is 15.9 Å². The van der Waals surface area contributed by atoms with Crippen LogP contribution in [0, 0.1) is 0 Å². The first-order valence-electron chi connectivity index (χ1n) is 6.04. The minimum absolute atomic E-state index is 0.00398. The Morgan fingerprint density at radius 3 is 2.89 bits per heavy atom. The Hall–Kier alpha value is -1.07. The molecular weight excluding hydrogens is 296 g/mol. The Bertz CT molecular complexity index is 397. The number of halogens is 1. The van der Waals surface area contributed by atoms with Crippen molar-refractivity contribution < 1.29 is 9.53 Å². The number of hydrogen-bond donors (Lipinski definition) is 2. The highest BCUT2D eigenvalue weighted by Crippen LogP contribution is 2.28. The number of anilines is 1. The lowest BCUT2D eigenvalue weighted by molar-refractivity contribution is -0.116. The molecule has 0 bridgehead atoms. The Morgan fingerprint density at radius 1 is 1.44 bits per heavy atom. The van der Waals surface area contributed by atoms with Crippen LogP contribution < -0.4 is 15.4 Å². The summed E-state index contributed by atoms with van der Waals surface area (Å²) in [6.07, 6.45) is 1.32. The van der Waals surface area contributed by atoms with Gasteiger partial charge in [0.05, 0.1) is 12.3 Å². The number of nitrogens with one attached hydrogen (secondary N) is 2. The smallest absolute Gasteiger partial charge is 0.224 e. The third-order valence-corrected chi connectivity index (χ3v) is 2.84. The molecule has 1 rings (SSSR count). The molecule has 0 unspecified atom stereocenters. The first-order valence-corrected chi connectivity index (χ1v) is 6.83. The summed E-state index contributed by atoms with van der Waals surface area (Å²) in [5, 5.41) is 5.89. The van der Waals surface area contributed by atoms with Crippen molar-refractivity contribution in [1.82, 2.24) is 5.32 Å². The molecule has 1 amide bonds. The fourth-order valence-corrected chi connectivity index (χ4v) is 1.88. The second kappa shape index (κ2) is 8.11. The van der Waals surface area contributed by atoms with Crippen LogP contribution in [-0.4, -0.2) is 26.1 Å². The van der Waals surface area contributed by atoms with Crippen molar-refractivity contribution in [2.45, 2.75) is 19.8 Å². The Labute approximate surface area is 116 Å². The van der Waals surface area contributed by atoms with Crippen LogP contribution in [0.1, 0.15) is 19.8 Å². The predicted octanol–water partition coefficient (Wildman–Crippen LogP) is 2.79. The molecule has 100 valence electrons. The first-order chi connectivity index (χ1) is 8.67. The van der Waals surface area contributed by atoms with E-state index in [1.807, 2.05) is 32.2 Å². The van der Waals surface area contributed by atoms with E-state index in [9.17, 15) is 4.79 Å². The van der Waals surface area contributed by atoms with E-state index in [4.69, 9.17) is 4.74 Å². The lowest BCUT2D eigenvalue weighted by Gasteiger charge is -2.12. The van der Waals surface area contributed by atoms with E-state index in [0.29, 0.717) is 24.5 Å². The summed E-state index contributed by atoms with van der Waals surface area (Å²) >= 11 is 3.38. The van der Waals surface area contributed by atoms with Crippen LogP contribution in [0.3, 0.4) is 0 Å². The first kappa shape index (κ1) is 15.0. The molecule has 0 radical (unpaired) electrons. The molecule has 4 nitrogen and oxygen atoms in total. The molecule has 0 fully saturated rings. The number of carbonyl (C=O) groups is 1. The zero-order chi connectivity index (χ0) is 13.4. The summed E-state index contributed by atoms with van der Waals surface area (Å²) in [6.45, 7) is 3.33. The van der Waals surface area contributed by atoms with Gasteiger partial charge in [0.25, 0.3) is 0 Å². The SMILES string of the molecule is CCOc1ccc(Br)cc1NC(=O)CCCNC. The fourth-order valence-electron chi connectivity index (χ4n) is 1.52. The molecule has 1 aromatic rings. The van der Waals surface area contributed by atoms with Crippen LogP contribution >= 0.6 is 15.9 Å². The van der Waals surface area contributed by atoms with Crippen LogP contribution in [-0.2, 0) is 4.79 Å². The van der Waals surface area contributed by atoms with Crippen molar-refractivity contribution in [3.8, 4) is 5.75 Å². The van der Waals surface area contributed by atoms with E-state index < -0.39 is 0 Å². The lowest BCUT2D eigenvalue weighted by atomic mass is 10.2. The molecule has 0 spiro atoms. The van der Waals surface area contributed by atoms with Gasteiger partial charge in [-0.05, 0) is 45.1 Å². The van der Waals surface area contributed by atoms with Gasteiger partial charge < -0.3 is 15.4 Å². The number of carbonyl (C=O) groups excluding carboxylic acids is 1. The van der Waals surface area contributed by atoms with E-state index in [2.05, 4.69) is 26.6 Å². The maximum atomic E-state index is 11.7. The van der Waals surface area contributed by atoms with Gasteiger partial charge in [0, 0.05) is 10.9 Å². The quantitative estimate of drug-likeness (QED) is 0.761. The minimum Gasteiger partial charge on any atom is -0.492 e. The van der Waals surface area contributed by atoms with E-state index in [1.165, 1.54) is 0 Å². The molecule has 0 aliphatic carbocycles. The Morgan fingerprint density at radius 2 is 2.22 bits per heavy atom. The predicted molar refractivity (Wildman–Crippen MR) is 77.1 cm³/mol. The molecule has 0 aliphatic heterocycles. The average molecular weight is 315 g/mol. The maximum absolute atomic E-state index is 11.7. The van der Waals surface area contributed by atoms with Crippen LogP contribution in [0.5, 0.6) is 5.75 Å². The zero-order valence-corrected chi connectivity index (χ0v) is 12.3. The second-order valence-electron chi connectivity index (χ2n) is 3.83. The third-order valence-electron chi connectivity index (χ3n) is 2.35. The lowest BCUT2D eigenvalue weighted by Crippen LogP contribution is -2.15. The summed E-state index contributed by atoms with van der Waals surface area (Å²) in [6, 6.07) is 5.58. The van der Waals surface area contributed by atoms with Crippen LogP contribution in [0.25, 0.3) is 0 Å². The topological polar surface area (TPSA) is 50.4 Å². The number of rotatable bonds is 7. The van der Waals surface area contributed by atoms with Crippen LogP contribution in [0.2, 0.25) is 0 Å². The largest absolute Gasteiger partial charge is 0.492 e.